The van der Waals surface area contributed by atoms with Crippen LogP contribution >= 0.6 is 0 Å². The van der Waals surface area contributed by atoms with Gasteiger partial charge in [0.15, 0.2) is 0 Å². The van der Waals surface area contributed by atoms with Crippen LogP contribution in [0.5, 0.6) is 0 Å². The summed E-state index contributed by atoms with van der Waals surface area (Å²) in [5.74, 6) is -0.844. The summed E-state index contributed by atoms with van der Waals surface area (Å²) in [6.07, 6.45) is 2.96. The minimum absolute atomic E-state index is 0.0703. The molecule has 2 aliphatic rings. The van der Waals surface area contributed by atoms with Gasteiger partial charge < -0.3 is 4.74 Å². The monoisotopic (exact) mass is 437 g/mol. The Balaban J connectivity index is 1.59. The molecule has 2 heterocycles. The van der Waals surface area contributed by atoms with Crippen LogP contribution in [0.1, 0.15) is 49.8 Å². The van der Waals surface area contributed by atoms with Crippen molar-refractivity contribution in [1.29, 1.82) is 0 Å². The van der Waals surface area contributed by atoms with E-state index in [2.05, 4.69) is 5.10 Å². The first-order valence-corrected chi connectivity index (χ1v) is 11.2. The van der Waals surface area contributed by atoms with Crippen LogP contribution in [0, 0.1) is 5.82 Å². The zero-order valence-electron chi connectivity index (χ0n) is 18.2. The summed E-state index contributed by atoms with van der Waals surface area (Å²) < 4.78 is 19.7. The van der Waals surface area contributed by atoms with Crippen molar-refractivity contribution in [2.24, 2.45) is 5.10 Å². The third-order valence-corrected chi connectivity index (χ3v) is 6.05. The van der Waals surface area contributed by atoms with Crippen LogP contribution in [0.3, 0.4) is 0 Å². The van der Waals surface area contributed by atoms with E-state index in [1.54, 1.807) is 25.1 Å². The molecule has 1 fully saturated rings. The smallest absolute Gasteiger partial charge is 0.323 e. The van der Waals surface area contributed by atoms with Gasteiger partial charge in [0, 0.05) is 12.0 Å². The summed E-state index contributed by atoms with van der Waals surface area (Å²) in [7, 11) is 0. The fraction of sp³-hybridized carbons (Fsp3) is 0.400. The maximum atomic E-state index is 14.4. The number of hydrazone groups is 1. The van der Waals surface area contributed by atoms with Crippen LogP contribution in [0.4, 0.5) is 4.39 Å². The van der Waals surface area contributed by atoms with Gasteiger partial charge in [-0.2, -0.15) is 5.10 Å². The molecule has 0 bridgehead atoms. The molecule has 4 rings (SSSR count). The van der Waals surface area contributed by atoms with Crippen molar-refractivity contribution in [2.75, 3.05) is 19.7 Å². The zero-order valence-corrected chi connectivity index (χ0v) is 18.2. The minimum Gasteiger partial charge on any atom is -0.465 e. The molecule has 32 heavy (non-hydrogen) atoms. The molecule has 2 aromatic rings. The average molecular weight is 438 g/mol. The van der Waals surface area contributed by atoms with Crippen molar-refractivity contribution in [2.45, 2.75) is 44.7 Å². The highest BCUT2D eigenvalue weighted by Crippen LogP contribution is 2.33. The number of carbonyl (C=O) groups is 2. The lowest BCUT2D eigenvalue weighted by atomic mass is 9.98. The van der Waals surface area contributed by atoms with Gasteiger partial charge in [-0.1, -0.05) is 55.0 Å². The molecule has 0 unspecified atom stereocenters. The molecule has 0 spiro atoms. The Labute approximate surface area is 187 Å². The van der Waals surface area contributed by atoms with E-state index in [1.807, 2.05) is 35.2 Å². The molecule has 2 aliphatic heterocycles. The Bertz CT molecular complexity index is 995. The van der Waals surface area contributed by atoms with Gasteiger partial charge in [0.25, 0.3) is 5.91 Å². The van der Waals surface area contributed by atoms with Crippen molar-refractivity contribution in [3.8, 4) is 0 Å². The quantitative estimate of drug-likeness (QED) is 0.643. The van der Waals surface area contributed by atoms with Crippen LogP contribution in [0.25, 0.3) is 0 Å². The largest absolute Gasteiger partial charge is 0.465 e. The molecular weight excluding hydrogens is 409 g/mol. The molecule has 1 saturated heterocycles. The minimum atomic E-state index is -0.416. The van der Waals surface area contributed by atoms with Crippen molar-refractivity contribution in [1.82, 2.24) is 9.91 Å². The molecule has 168 valence electrons. The number of hydrogen-bond donors (Lipinski definition) is 0. The van der Waals surface area contributed by atoms with Crippen molar-refractivity contribution in [3.63, 3.8) is 0 Å². The van der Waals surface area contributed by atoms with Crippen molar-refractivity contribution in [3.05, 3.63) is 71.5 Å². The summed E-state index contributed by atoms with van der Waals surface area (Å²) in [5, 5.41) is 6.03. The Morgan fingerprint density at radius 2 is 1.84 bits per heavy atom. The molecular formula is C25H28FN3O3. The molecule has 0 aromatic heterocycles. The first kappa shape index (κ1) is 22.1. The Kier molecular flexibility index (Phi) is 6.95. The first-order valence-electron chi connectivity index (χ1n) is 11.2. The lowest BCUT2D eigenvalue weighted by Crippen LogP contribution is -2.49. The Hall–Kier alpha value is -3.06. The number of rotatable bonds is 6. The third-order valence-electron chi connectivity index (χ3n) is 6.05. The zero-order chi connectivity index (χ0) is 22.5. The van der Waals surface area contributed by atoms with E-state index in [9.17, 15) is 14.0 Å². The number of hydrogen-bond acceptors (Lipinski definition) is 5. The molecule has 0 radical (unpaired) electrons. The summed E-state index contributed by atoms with van der Waals surface area (Å²) in [6.45, 7) is 2.82. The van der Waals surface area contributed by atoms with Crippen LogP contribution in [-0.2, 0) is 14.3 Å². The lowest BCUT2D eigenvalue weighted by Gasteiger charge is -2.34. The second kappa shape index (κ2) is 10.0. The van der Waals surface area contributed by atoms with Crippen LogP contribution < -0.4 is 0 Å². The van der Waals surface area contributed by atoms with Gasteiger partial charge in [-0.25, -0.2) is 9.40 Å². The number of carbonyl (C=O) groups excluding carboxylic acids is 2. The summed E-state index contributed by atoms with van der Waals surface area (Å²) in [4.78, 5) is 27.7. The van der Waals surface area contributed by atoms with Crippen LogP contribution in [0.15, 0.2) is 59.7 Å². The van der Waals surface area contributed by atoms with Crippen LogP contribution in [-0.4, -0.2) is 53.2 Å². The number of piperidine rings is 1. The van der Waals surface area contributed by atoms with Gasteiger partial charge in [-0.05, 0) is 37.9 Å². The first-order chi connectivity index (χ1) is 15.6. The van der Waals surface area contributed by atoms with E-state index in [0.29, 0.717) is 37.3 Å². The highest BCUT2D eigenvalue weighted by Gasteiger charge is 2.37. The second-order valence-electron chi connectivity index (χ2n) is 8.13. The van der Waals surface area contributed by atoms with E-state index in [4.69, 9.17) is 4.74 Å². The molecule has 0 N–H and O–H groups in total. The maximum Gasteiger partial charge on any atom is 0.323 e. The van der Waals surface area contributed by atoms with Gasteiger partial charge in [0.1, 0.15) is 11.9 Å². The van der Waals surface area contributed by atoms with Crippen molar-refractivity contribution >= 4 is 17.6 Å². The lowest BCUT2D eigenvalue weighted by molar-refractivity contribution is -0.152. The fourth-order valence-corrected chi connectivity index (χ4v) is 4.46. The van der Waals surface area contributed by atoms with E-state index in [0.717, 1.165) is 18.4 Å². The summed E-state index contributed by atoms with van der Waals surface area (Å²) in [5.41, 5.74) is 1.90. The molecule has 7 heteroatoms. The van der Waals surface area contributed by atoms with Gasteiger partial charge >= 0.3 is 5.97 Å². The average Bonchev–Trinajstić information content (AvgIpc) is 3.26. The number of halogens is 1. The highest BCUT2D eigenvalue weighted by molar-refractivity contribution is 6.03. The third kappa shape index (κ3) is 4.72. The van der Waals surface area contributed by atoms with E-state index >= 15 is 0 Å². The normalized spacial score (nSPS) is 21.3. The fourth-order valence-electron chi connectivity index (χ4n) is 4.46. The highest BCUT2D eigenvalue weighted by atomic mass is 19.1. The number of esters is 1. The summed E-state index contributed by atoms with van der Waals surface area (Å²) in [6, 6.07) is 15.4. The standard InChI is InChI=1S/C25H28FN3O3/c1-2-32-25(31)22-14-8-9-15-28(22)17-24(30)29-23(18-10-4-3-5-11-18)16-21(27-29)19-12-6-7-13-20(19)26/h3-7,10-13,22-23H,2,8-9,14-17H2,1H3/t22-,23+/m1/s1. The molecule has 1 amide bonds. The number of benzene rings is 2. The van der Waals surface area contributed by atoms with Gasteiger partial charge in [0.2, 0.25) is 0 Å². The van der Waals surface area contributed by atoms with Crippen molar-refractivity contribution < 1.29 is 18.7 Å². The van der Waals surface area contributed by atoms with Gasteiger partial charge in [-0.3, -0.25) is 14.5 Å². The number of ether oxygens (including phenoxy) is 1. The molecule has 0 aliphatic carbocycles. The summed E-state index contributed by atoms with van der Waals surface area (Å²) >= 11 is 0. The van der Waals surface area contributed by atoms with Gasteiger partial charge in [0.05, 0.1) is 24.9 Å². The molecule has 2 aromatic carbocycles. The number of likely N-dealkylation sites (tertiary alicyclic amines) is 1. The van der Waals surface area contributed by atoms with E-state index in [-0.39, 0.29) is 30.3 Å². The van der Waals surface area contributed by atoms with E-state index < -0.39 is 6.04 Å². The molecule has 0 saturated carbocycles. The molecule has 2 atom stereocenters. The van der Waals surface area contributed by atoms with E-state index in [1.165, 1.54) is 11.1 Å². The SMILES string of the molecule is CCOC(=O)[C@H]1CCCCN1CC(=O)N1N=C(c2ccccc2F)C[C@H]1c1ccccc1. The second-order valence-corrected chi connectivity index (χ2v) is 8.13. The topological polar surface area (TPSA) is 62.2 Å². The predicted octanol–water partition coefficient (Wildman–Crippen LogP) is 3.92. The van der Waals surface area contributed by atoms with Crippen LogP contribution in [0.2, 0.25) is 0 Å². The Morgan fingerprint density at radius 1 is 1.09 bits per heavy atom. The van der Waals surface area contributed by atoms with Gasteiger partial charge in [-0.15, -0.1) is 0 Å². The predicted molar refractivity (Wildman–Crippen MR) is 119 cm³/mol. The molecule has 6 nitrogen and oxygen atoms in total. The maximum absolute atomic E-state index is 14.4. The number of nitrogens with zero attached hydrogens (tertiary/aromatic N) is 3. The number of amides is 1. The Morgan fingerprint density at radius 3 is 2.59 bits per heavy atom.